The predicted molar refractivity (Wildman–Crippen MR) is 237 cm³/mol. The molecule has 37 nitrogen and oxygen atoms in total. The first-order valence-corrected chi connectivity index (χ1v) is 25.3. The van der Waals surface area contributed by atoms with Gasteiger partial charge in [0.25, 0.3) is 0 Å². The van der Waals surface area contributed by atoms with Crippen LogP contribution in [0.5, 0.6) is 0 Å². The summed E-state index contributed by atoms with van der Waals surface area (Å²) in [6, 6.07) is 0. The minimum atomic E-state index is -2.28. The van der Waals surface area contributed by atoms with Crippen LogP contribution in [0.1, 0.15) is 0 Å². The molecule has 464 valence electrons. The highest BCUT2D eigenvalue weighted by Crippen LogP contribution is 2.39. The molecule has 0 unspecified atom stereocenters. The third-order valence-corrected chi connectivity index (χ3v) is 15.1. The standard InChI is InChI=1S/C43H71NO36/c45-2-9-30-17(53)24(60)38(69-9)77-32-11(4-47)71-40(26(62)19(32)55)79-34-13(6-49)73-42(28(64)21(34)57)80-35-14(7-50)72-41(27(63)20(35)56)78-33-12(5-48)70-39(25(61)18(33)54)76-31-10(3-46)68-37(23(59)16(31)52)74-29-8(1-44-43(65)66)67-36(75-30)22(58)15(29)51/h8-42,44-64H,1-7H2,(H,65,66)/t8-,9-,10-,11-,12-,13-,14-,15-,16-,17-,18-,19-,20-,21-,22-,23-,24-,25-,26-,27-,28-,29-,30-,31-,32-,33-,34-,35-,36-,37-,38-,39-,40-,41-,42-/m1/s1. The van der Waals surface area contributed by atoms with Crippen LogP contribution < -0.4 is 5.32 Å². The molecule has 14 bridgehead atoms. The molecule has 21 aliphatic heterocycles. The Morgan fingerprint density at radius 2 is 0.400 bits per heavy atom. The second-order valence-electron chi connectivity index (χ2n) is 20.2. The fourth-order valence-electron chi connectivity index (χ4n) is 10.6. The monoisotopic (exact) mass is 1180 g/mol. The molecule has 22 N–H and O–H groups in total. The van der Waals surface area contributed by atoms with E-state index in [1.54, 1.807) is 0 Å². The number of rotatable bonds is 8. The Labute approximate surface area is 450 Å². The first kappa shape index (κ1) is 63.9. The fourth-order valence-corrected chi connectivity index (χ4v) is 10.6. The largest absolute Gasteiger partial charge is 0.465 e. The van der Waals surface area contributed by atoms with Crippen LogP contribution in [0.4, 0.5) is 4.79 Å². The molecule has 0 aromatic heterocycles. The zero-order valence-corrected chi connectivity index (χ0v) is 41.7. The Morgan fingerprint density at radius 3 is 0.550 bits per heavy atom. The van der Waals surface area contributed by atoms with Crippen molar-refractivity contribution in [3.63, 3.8) is 0 Å². The molecule has 35 atom stereocenters. The molecule has 21 fully saturated rings. The van der Waals surface area contributed by atoms with Gasteiger partial charge in [-0.25, -0.2) is 4.79 Å². The average molecular weight is 1180 g/mol. The molecule has 21 aliphatic rings. The van der Waals surface area contributed by atoms with Gasteiger partial charge in [0.2, 0.25) is 0 Å². The van der Waals surface area contributed by atoms with Crippen LogP contribution in [-0.2, 0) is 66.3 Å². The van der Waals surface area contributed by atoms with Crippen molar-refractivity contribution < 1.29 is 178 Å². The summed E-state index contributed by atoms with van der Waals surface area (Å²) in [6.45, 7) is -7.25. The van der Waals surface area contributed by atoms with Crippen molar-refractivity contribution in [3.05, 3.63) is 0 Å². The Balaban J connectivity index is 1.09. The highest BCUT2D eigenvalue weighted by Gasteiger charge is 2.59. The van der Waals surface area contributed by atoms with Crippen LogP contribution in [0.2, 0.25) is 0 Å². The van der Waals surface area contributed by atoms with Gasteiger partial charge in [-0.2, -0.15) is 0 Å². The van der Waals surface area contributed by atoms with Gasteiger partial charge in [0, 0.05) is 6.54 Å². The van der Waals surface area contributed by atoms with E-state index >= 15 is 0 Å². The quantitative estimate of drug-likeness (QED) is 0.107. The van der Waals surface area contributed by atoms with Gasteiger partial charge in [0.05, 0.1) is 39.6 Å². The molecule has 1 amide bonds. The average Bonchev–Trinajstić information content (AvgIpc) is 3.54. The number of hydrogen-bond donors (Lipinski definition) is 22. The van der Waals surface area contributed by atoms with E-state index in [4.69, 9.17) is 66.3 Å². The van der Waals surface area contributed by atoms with Gasteiger partial charge in [-0.3, -0.25) is 0 Å². The number of carbonyl (C=O) groups is 1. The lowest BCUT2D eigenvalue weighted by Crippen LogP contribution is -2.68. The lowest BCUT2D eigenvalue weighted by Gasteiger charge is -2.50. The number of hydrogen-bond acceptors (Lipinski definition) is 35. The van der Waals surface area contributed by atoms with Gasteiger partial charge in [0.15, 0.2) is 44.0 Å². The highest BCUT2D eigenvalue weighted by molar-refractivity contribution is 5.64. The zero-order chi connectivity index (χ0) is 58.3. The van der Waals surface area contributed by atoms with E-state index in [1.165, 1.54) is 0 Å². The number of amides is 1. The van der Waals surface area contributed by atoms with Crippen LogP contribution in [0.25, 0.3) is 0 Å². The molecule has 0 spiro atoms. The second-order valence-corrected chi connectivity index (χ2v) is 20.2. The molecule has 21 rings (SSSR count). The molecule has 37 heteroatoms. The van der Waals surface area contributed by atoms with Crippen molar-refractivity contribution in [1.82, 2.24) is 5.32 Å². The Hall–Kier alpha value is -2.09. The van der Waals surface area contributed by atoms with Gasteiger partial charge in [-0.1, -0.05) is 0 Å². The van der Waals surface area contributed by atoms with E-state index < -0.39 is 267 Å². The normalized spacial score (nSPS) is 53.6. The van der Waals surface area contributed by atoms with Crippen molar-refractivity contribution in [2.75, 3.05) is 46.2 Å². The maximum absolute atomic E-state index is 11.7. The van der Waals surface area contributed by atoms with E-state index in [2.05, 4.69) is 0 Å². The third-order valence-electron chi connectivity index (χ3n) is 15.1. The van der Waals surface area contributed by atoms with Crippen molar-refractivity contribution in [1.29, 1.82) is 0 Å². The maximum atomic E-state index is 11.7. The summed E-state index contributed by atoms with van der Waals surface area (Å²) in [5.74, 6) is 0. The van der Waals surface area contributed by atoms with Gasteiger partial charge in [-0.05, 0) is 0 Å². The number of aliphatic hydroxyl groups excluding tert-OH is 20. The smallest absolute Gasteiger partial charge is 0.404 e. The Bertz CT molecular complexity index is 1940. The van der Waals surface area contributed by atoms with E-state index in [9.17, 15) is 112 Å². The van der Waals surface area contributed by atoms with Crippen LogP contribution in [0.3, 0.4) is 0 Å². The number of nitrogens with one attached hydrogen (secondary N) is 1. The minimum absolute atomic E-state index is 0.815. The van der Waals surface area contributed by atoms with Gasteiger partial charge in [0.1, 0.15) is 171 Å². The summed E-state index contributed by atoms with van der Waals surface area (Å²) in [6.07, 6.45) is -73.2. The molecule has 0 aliphatic carbocycles. The van der Waals surface area contributed by atoms with Gasteiger partial charge < -0.3 is 179 Å². The lowest BCUT2D eigenvalue weighted by atomic mass is 9.95. The topological polar surface area (TPSA) is 583 Å². The number of ether oxygens (including phenoxy) is 14. The van der Waals surface area contributed by atoms with E-state index in [1.807, 2.05) is 5.32 Å². The van der Waals surface area contributed by atoms with Crippen LogP contribution in [0, 0.1) is 0 Å². The van der Waals surface area contributed by atoms with Crippen molar-refractivity contribution >= 4 is 6.09 Å². The van der Waals surface area contributed by atoms with Gasteiger partial charge in [-0.15, -0.1) is 0 Å². The first-order chi connectivity index (χ1) is 38.0. The Morgan fingerprint density at radius 1 is 0.250 bits per heavy atom. The summed E-state index contributed by atoms with van der Waals surface area (Å²) < 4.78 is 79.8. The SMILES string of the molecule is O=C(O)NC[C@H]1O[C@@H]2O[C@H]3[C@H](O)[C@@H](O)[C@@H](O[C@H]4[C@H](O)[C@@H](O)[C@@H](O[C@H]5[C@H](O)[C@@H](O)[C@@H](O[C@H]6[C@H](O)[C@@H](O)[C@@H](O[C@H]7[C@H](O)[C@@H](O)[C@@H](O[C@H]8[C@H](O)[C@@H](O)[C@@H](O[C@H]1[C@H](O)[C@H]2O)O[C@@H]8CO)O[C@@H]7CO)O[C@@H]6CO)O[C@@H]5CO)O[C@@H]4CO)O[C@@H]3CO. The summed E-state index contributed by atoms with van der Waals surface area (Å²) in [5, 5.41) is 232. The summed E-state index contributed by atoms with van der Waals surface area (Å²) in [5.41, 5.74) is 0. The summed E-state index contributed by atoms with van der Waals surface area (Å²) in [4.78, 5) is 11.7. The zero-order valence-electron chi connectivity index (χ0n) is 41.7. The molecular formula is C43H71NO36. The molecule has 21 heterocycles. The van der Waals surface area contributed by atoms with Crippen molar-refractivity contribution in [2.24, 2.45) is 0 Å². The van der Waals surface area contributed by atoms with Crippen LogP contribution >= 0.6 is 0 Å². The fraction of sp³-hybridized carbons (Fsp3) is 0.977. The molecular weight excluding hydrogens is 1110 g/mol. The Kier molecular flexibility index (Phi) is 21.6. The lowest BCUT2D eigenvalue weighted by molar-refractivity contribution is -0.396. The summed E-state index contributed by atoms with van der Waals surface area (Å²) in [7, 11) is 0. The number of aliphatic hydroxyl groups is 20. The third kappa shape index (κ3) is 12.7. The van der Waals surface area contributed by atoms with E-state index in [0.717, 1.165) is 0 Å². The maximum Gasteiger partial charge on any atom is 0.404 e. The molecule has 0 aromatic carbocycles. The van der Waals surface area contributed by atoms with Crippen molar-refractivity contribution in [2.45, 2.75) is 215 Å². The summed E-state index contributed by atoms with van der Waals surface area (Å²) >= 11 is 0. The first-order valence-electron chi connectivity index (χ1n) is 25.3. The molecule has 0 saturated carbocycles. The van der Waals surface area contributed by atoms with Crippen LogP contribution in [0.15, 0.2) is 0 Å². The van der Waals surface area contributed by atoms with E-state index in [-0.39, 0.29) is 0 Å². The van der Waals surface area contributed by atoms with Gasteiger partial charge >= 0.3 is 6.09 Å². The second kappa shape index (κ2) is 27.1. The molecule has 0 radical (unpaired) electrons. The van der Waals surface area contributed by atoms with Crippen molar-refractivity contribution in [3.8, 4) is 0 Å². The highest BCUT2D eigenvalue weighted by atomic mass is 16.8. The number of carboxylic acid groups (broad SMARTS) is 1. The van der Waals surface area contributed by atoms with E-state index in [0.29, 0.717) is 0 Å². The predicted octanol–water partition coefficient (Wildman–Crippen LogP) is -15.0. The minimum Gasteiger partial charge on any atom is -0.465 e. The molecule has 0 aromatic rings. The van der Waals surface area contributed by atoms with Crippen LogP contribution in [-0.4, -0.2) is 374 Å². The molecule has 21 saturated heterocycles. The molecule has 80 heavy (non-hydrogen) atoms.